The van der Waals surface area contributed by atoms with Gasteiger partial charge in [-0.2, -0.15) is 0 Å². The first-order valence-corrected chi connectivity index (χ1v) is 11.4. The molecule has 4 atom stereocenters. The second-order valence-electron chi connectivity index (χ2n) is 9.13. The zero-order valence-corrected chi connectivity index (χ0v) is 17.6. The van der Waals surface area contributed by atoms with Crippen LogP contribution in [-0.4, -0.2) is 22.7 Å². The van der Waals surface area contributed by atoms with E-state index in [1.165, 1.54) is 19.3 Å². The lowest BCUT2D eigenvalue weighted by molar-refractivity contribution is -0.122. The lowest BCUT2D eigenvalue weighted by Crippen LogP contribution is -2.42. The molecular formula is C26H28N2O3. The summed E-state index contributed by atoms with van der Waals surface area (Å²) in [4.78, 5) is 30.5. The molecule has 2 aliphatic rings. The Bertz CT molecular complexity index is 1040. The number of carbonyl (C=O) groups is 2. The molecule has 4 unspecified atom stereocenters. The number of nitrogens with one attached hydrogen (secondary N) is 1. The van der Waals surface area contributed by atoms with Gasteiger partial charge in [-0.25, -0.2) is 4.98 Å². The summed E-state index contributed by atoms with van der Waals surface area (Å²) in [5.41, 5.74) is 2.38. The van der Waals surface area contributed by atoms with Crippen LogP contribution < -0.4 is 5.32 Å². The molecular weight excluding hydrogens is 388 g/mol. The van der Waals surface area contributed by atoms with E-state index < -0.39 is 6.04 Å². The van der Waals surface area contributed by atoms with Crippen LogP contribution in [0.3, 0.4) is 0 Å². The van der Waals surface area contributed by atoms with E-state index in [0.717, 1.165) is 17.9 Å². The molecule has 0 saturated heterocycles. The lowest BCUT2D eigenvalue weighted by atomic mass is 9.86. The van der Waals surface area contributed by atoms with E-state index in [9.17, 15) is 9.59 Å². The molecule has 0 radical (unpaired) electrons. The van der Waals surface area contributed by atoms with Crippen molar-refractivity contribution in [2.75, 3.05) is 0 Å². The summed E-state index contributed by atoms with van der Waals surface area (Å²) >= 11 is 0. The highest BCUT2D eigenvalue weighted by atomic mass is 16.4. The van der Waals surface area contributed by atoms with Crippen molar-refractivity contribution in [1.82, 2.24) is 10.3 Å². The number of hydrogen-bond acceptors (Lipinski definition) is 4. The number of ketones is 1. The number of fused-ring (bicyclic) bond motifs is 3. The molecule has 2 fully saturated rings. The summed E-state index contributed by atoms with van der Waals surface area (Å²) < 4.78 is 5.71. The van der Waals surface area contributed by atoms with Crippen molar-refractivity contribution in [2.45, 2.75) is 51.0 Å². The maximum Gasteiger partial charge on any atom is 0.266 e. The Hall–Kier alpha value is -2.95. The van der Waals surface area contributed by atoms with Crippen molar-refractivity contribution < 1.29 is 14.0 Å². The molecule has 5 nitrogen and oxygen atoms in total. The van der Waals surface area contributed by atoms with Crippen molar-refractivity contribution in [3.05, 3.63) is 66.1 Å². The zero-order valence-electron chi connectivity index (χ0n) is 17.6. The standard InChI is InChI=1S/C26H28N2O3/c29-24(16-20-15-18-10-12-19(20)14-18)27-22(13-11-17-6-2-1-3-7-17)25(30)26-28-21-8-4-5-9-23(21)31-26/h1-9,18-20,22H,10-16H2,(H,27,29). The van der Waals surface area contributed by atoms with E-state index in [2.05, 4.69) is 10.3 Å². The summed E-state index contributed by atoms with van der Waals surface area (Å²) in [6, 6.07) is 16.7. The van der Waals surface area contributed by atoms with Crippen LogP contribution in [0.2, 0.25) is 0 Å². The Morgan fingerprint density at radius 3 is 2.58 bits per heavy atom. The zero-order chi connectivity index (χ0) is 21.2. The first kappa shape index (κ1) is 20.0. The third-order valence-electron chi connectivity index (χ3n) is 7.05. The smallest absolute Gasteiger partial charge is 0.266 e. The first-order valence-electron chi connectivity index (χ1n) is 11.4. The van der Waals surface area contributed by atoms with Gasteiger partial charge in [0.05, 0.1) is 6.04 Å². The summed E-state index contributed by atoms with van der Waals surface area (Å²) in [5.74, 6) is 1.74. The van der Waals surface area contributed by atoms with Gasteiger partial charge in [-0.3, -0.25) is 9.59 Å². The summed E-state index contributed by atoms with van der Waals surface area (Å²) in [7, 11) is 0. The van der Waals surface area contributed by atoms with Crippen LogP contribution >= 0.6 is 0 Å². The lowest BCUT2D eigenvalue weighted by Gasteiger charge is -2.22. The monoisotopic (exact) mass is 416 g/mol. The minimum Gasteiger partial charge on any atom is -0.434 e. The van der Waals surface area contributed by atoms with E-state index in [4.69, 9.17) is 4.42 Å². The van der Waals surface area contributed by atoms with Gasteiger partial charge in [-0.1, -0.05) is 48.9 Å². The number of oxazole rings is 1. The van der Waals surface area contributed by atoms with Gasteiger partial charge >= 0.3 is 0 Å². The fourth-order valence-electron chi connectivity index (χ4n) is 5.47. The fraction of sp³-hybridized carbons (Fsp3) is 0.423. The molecule has 1 heterocycles. The highest BCUT2D eigenvalue weighted by Gasteiger charge is 2.40. The van der Waals surface area contributed by atoms with Crippen molar-refractivity contribution in [3.63, 3.8) is 0 Å². The Morgan fingerprint density at radius 1 is 1.03 bits per heavy atom. The number of rotatable bonds is 8. The Labute approximate surface area is 182 Å². The molecule has 1 amide bonds. The predicted octanol–water partition coefficient (Wildman–Crippen LogP) is 4.95. The Morgan fingerprint density at radius 2 is 1.84 bits per heavy atom. The third kappa shape index (κ3) is 4.41. The molecule has 3 aromatic rings. The van der Waals surface area contributed by atoms with Gasteiger partial charge in [0.15, 0.2) is 5.58 Å². The van der Waals surface area contributed by atoms with E-state index in [1.54, 1.807) is 6.07 Å². The maximum atomic E-state index is 13.3. The molecule has 0 spiro atoms. The molecule has 2 bridgehead atoms. The van der Waals surface area contributed by atoms with Gasteiger partial charge < -0.3 is 9.73 Å². The quantitative estimate of drug-likeness (QED) is 0.527. The highest BCUT2D eigenvalue weighted by Crippen LogP contribution is 2.49. The number of nitrogens with zero attached hydrogens (tertiary/aromatic N) is 1. The van der Waals surface area contributed by atoms with E-state index in [0.29, 0.717) is 42.2 Å². The number of carbonyl (C=O) groups excluding carboxylic acids is 2. The fourth-order valence-corrected chi connectivity index (χ4v) is 5.47. The van der Waals surface area contributed by atoms with Gasteiger partial charge in [-0.05, 0) is 67.6 Å². The molecule has 160 valence electrons. The predicted molar refractivity (Wildman–Crippen MR) is 119 cm³/mol. The van der Waals surface area contributed by atoms with Crippen molar-refractivity contribution >= 4 is 22.8 Å². The second-order valence-corrected chi connectivity index (χ2v) is 9.13. The van der Waals surface area contributed by atoms with Gasteiger partial charge in [0, 0.05) is 6.42 Å². The van der Waals surface area contributed by atoms with Crippen LogP contribution in [0.25, 0.3) is 11.1 Å². The molecule has 2 saturated carbocycles. The van der Waals surface area contributed by atoms with E-state index in [1.807, 2.05) is 48.5 Å². The number of amides is 1. The van der Waals surface area contributed by atoms with Gasteiger partial charge in [0.25, 0.3) is 5.89 Å². The van der Waals surface area contributed by atoms with Crippen LogP contribution in [0, 0.1) is 17.8 Å². The number of hydrogen-bond donors (Lipinski definition) is 1. The molecule has 1 aromatic heterocycles. The van der Waals surface area contributed by atoms with Crippen molar-refractivity contribution in [3.8, 4) is 0 Å². The number of aryl methyl sites for hydroxylation is 1. The minimum atomic E-state index is -0.639. The molecule has 0 aliphatic heterocycles. The summed E-state index contributed by atoms with van der Waals surface area (Å²) in [6.07, 6.45) is 6.74. The number of para-hydroxylation sites is 2. The molecule has 5 rings (SSSR count). The van der Waals surface area contributed by atoms with E-state index in [-0.39, 0.29) is 17.6 Å². The van der Waals surface area contributed by atoms with Gasteiger partial charge in [-0.15, -0.1) is 0 Å². The number of aromatic nitrogens is 1. The molecule has 1 N–H and O–H groups in total. The van der Waals surface area contributed by atoms with Gasteiger partial charge in [0.2, 0.25) is 11.7 Å². The summed E-state index contributed by atoms with van der Waals surface area (Å²) in [5, 5.41) is 3.03. The minimum absolute atomic E-state index is 0.0277. The average molecular weight is 417 g/mol. The SMILES string of the molecule is O=C(CC1CC2CCC1C2)NC(CCc1ccccc1)C(=O)c1nc2ccccc2o1. The molecule has 5 heteroatoms. The Kier molecular flexibility index (Phi) is 5.58. The maximum absolute atomic E-state index is 13.3. The van der Waals surface area contributed by atoms with Crippen LogP contribution in [0.1, 0.15) is 54.8 Å². The van der Waals surface area contributed by atoms with Crippen molar-refractivity contribution in [2.24, 2.45) is 17.8 Å². The van der Waals surface area contributed by atoms with Crippen LogP contribution in [0.15, 0.2) is 59.0 Å². The van der Waals surface area contributed by atoms with Crippen LogP contribution in [0.4, 0.5) is 0 Å². The van der Waals surface area contributed by atoms with Crippen LogP contribution in [-0.2, 0) is 11.2 Å². The summed E-state index contributed by atoms with van der Waals surface area (Å²) in [6.45, 7) is 0. The number of Topliss-reactive ketones (excluding diaryl/α,β-unsaturated/α-hetero) is 1. The van der Waals surface area contributed by atoms with Crippen LogP contribution in [0.5, 0.6) is 0 Å². The average Bonchev–Trinajstić information content (AvgIpc) is 3.52. The normalized spacial score (nSPS) is 23.2. The molecule has 2 aromatic carbocycles. The topological polar surface area (TPSA) is 72.2 Å². The van der Waals surface area contributed by atoms with E-state index >= 15 is 0 Å². The number of benzene rings is 2. The largest absolute Gasteiger partial charge is 0.434 e. The second kappa shape index (κ2) is 8.66. The van der Waals surface area contributed by atoms with Gasteiger partial charge in [0.1, 0.15) is 5.52 Å². The highest BCUT2D eigenvalue weighted by molar-refractivity contribution is 6.00. The Balaban J connectivity index is 1.30. The third-order valence-corrected chi connectivity index (χ3v) is 7.05. The molecule has 31 heavy (non-hydrogen) atoms. The van der Waals surface area contributed by atoms with Crippen molar-refractivity contribution in [1.29, 1.82) is 0 Å². The molecule has 2 aliphatic carbocycles. The first-order chi connectivity index (χ1) is 15.2.